The Morgan fingerprint density at radius 3 is 2.33 bits per heavy atom. The summed E-state index contributed by atoms with van der Waals surface area (Å²) in [5.74, 6) is 0. The summed E-state index contributed by atoms with van der Waals surface area (Å²) in [4.78, 5) is 4.53. The third-order valence-electron chi connectivity index (χ3n) is 3.34. The van der Waals surface area contributed by atoms with Crippen LogP contribution in [-0.4, -0.2) is 9.55 Å². The second-order valence-corrected chi connectivity index (χ2v) is 4.80. The fraction of sp³-hybridized carbons (Fsp3) is 0.438. The average molecular weight is 242 g/mol. The number of aromatic nitrogens is 2. The van der Waals surface area contributed by atoms with E-state index in [-0.39, 0.29) is 0 Å². The number of nitrogens with zero attached hydrogens (tertiary/aromatic N) is 2. The van der Waals surface area contributed by atoms with E-state index in [1.54, 1.807) is 0 Å². The monoisotopic (exact) mass is 242 g/mol. The van der Waals surface area contributed by atoms with Crippen LogP contribution in [0, 0.1) is 0 Å². The van der Waals surface area contributed by atoms with Crippen molar-refractivity contribution in [2.75, 3.05) is 0 Å². The van der Waals surface area contributed by atoms with E-state index in [1.165, 1.54) is 31.2 Å². The van der Waals surface area contributed by atoms with Gasteiger partial charge < -0.3 is 4.57 Å². The first-order chi connectivity index (χ1) is 8.85. The zero-order chi connectivity index (χ0) is 12.8. The molecule has 2 heteroatoms. The second kappa shape index (κ2) is 6.39. The van der Waals surface area contributed by atoms with Crippen LogP contribution in [0.15, 0.2) is 42.9 Å². The van der Waals surface area contributed by atoms with Gasteiger partial charge in [0.2, 0.25) is 0 Å². The molecule has 2 aromatic rings. The molecule has 0 aliphatic carbocycles. The molecule has 0 aliphatic heterocycles. The Hall–Kier alpha value is -1.57. The second-order valence-electron chi connectivity index (χ2n) is 4.80. The molecule has 96 valence electrons. The van der Waals surface area contributed by atoms with Crippen LogP contribution in [0.2, 0.25) is 0 Å². The van der Waals surface area contributed by atoms with Crippen LogP contribution in [0.5, 0.6) is 0 Å². The largest absolute Gasteiger partial charge is 0.334 e. The molecule has 0 N–H and O–H groups in total. The summed E-state index contributed by atoms with van der Waals surface area (Å²) in [6, 6.07) is 11.0. The molecule has 1 aromatic heterocycles. The lowest BCUT2D eigenvalue weighted by Crippen LogP contribution is -2.06. The van der Waals surface area contributed by atoms with Crippen molar-refractivity contribution in [3.05, 3.63) is 42.9 Å². The van der Waals surface area contributed by atoms with Gasteiger partial charge >= 0.3 is 0 Å². The van der Waals surface area contributed by atoms with Gasteiger partial charge in [0, 0.05) is 17.8 Å². The minimum atomic E-state index is 0.602. The van der Waals surface area contributed by atoms with E-state index in [0.717, 1.165) is 5.69 Å². The van der Waals surface area contributed by atoms with Gasteiger partial charge in [-0.25, -0.2) is 4.98 Å². The highest BCUT2D eigenvalue weighted by atomic mass is 15.1. The van der Waals surface area contributed by atoms with E-state index in [0.29, 0.717) is 6.04 Å². The lowest BCUT2D eigenvalue weighted by Gasteiger charge is -2.16. The third-order valence-corrected chi connectivity index (χ3v) is 3.34. The van der Waals surface area contributed by atoms with E-state index < -0.39 is 0 Å². The lowest BCUT2D eigenvalue weighted by molar-refractivity contribution is 0.426. The van der Waals surface area contributed by atoms with Crippen molar-refractivity contribution in [1.82, 2.24) is 9.55 Å². The fourth-order valence-electron chi connectivity index (χ4n) is 2.40. The van der Waals surface area contributed by atoms with Crippen molar-refractivity contribution >= 4 is 0 Å². The fourth-order valence-corrected chi connectivity index (χ4v) is 2.40. The molecule has 2 nitrogen and oxygen atoms in total. The first kappa shape index (κ1) is 12.9. The van der Waals surface area contributed by atoms with Crippen molar-refractivity contribution in [2.24, 2.45) is 0 Å². The van der Waals surface area contributed by atoms with Gasteiger partial charge in [0.05, 0.1) is 12.0 Å². The van der Waals surface area contributed by atoms with Crippen LogP contribution < -0.4 is 0 Å². The zero-order valence-electron chi connectivity index (χ0n) is 11.3. The van der Waals surface area contributed by atoms with Crippen LogP contribution in [-0.2, 0) is 0 Å². The van der Waals surface area contributed by atoms with Crippen LogP contribution >= 0.6 is 0 Å². The Morgan fingerprint density at radius 2 is 1.72 bits per heavy atom. The first-order valence-corrected chi connectivity index (χ1v) is 6.94. The highest BCUT2D eigenvalue weighted by Crippen LogP contribution is 2.23. The van der Waals surface area contributed by atoms with E-state index in [1.807, 2.05) is 12.4 Å². The van der Waals surface area contributed by atoms with E-state index >= 15 is 0 Å². The van der Waals surface area contributed by atoms with Crippen LogP contribution in [0.1, 0.15) is 45.6 Å². The smallest absolute Gasteiger partial charge is 0.0956 e. The summed E-state index contributed by atoms with van der Waals surface area (Å²) in [5.41, 5.74) is 2.27. The minimum absolute atomic E-state index is 0.602. The molecule has 1 aromatic carbocycles. The number of benzene rings is 1. The molecule has 1 heterocycles. The first-order valence-electron chi connectivity index (χ1n) is 6.94. The van der Waals surface area contributed by atoms with E-state index in [4.69, 9.17) is 0 Å². The summed E-state index contributed by atoms with van der Waals surface area (Å²) in [7, 11) is 0. The molecule has 0 bridgehead atoms. The number of imidazole rings is 1. The van der Waals surface area contributed by atoms with Crippen LogP contribution in [0.25, 0.3) is 11.3 Å². The highest BCUT2D eigenvalue weighted by Gasteiger charge is 2.10. The van der Waals surface area contributed by atoms with Crippen LogP contribution in [0.3, 0.4) is 0 Å². The van der Waals surface area contributed by atoms with Crippen LogP contribution in [0.4, 0.5) is 0 Å². The Kier molecular flexibility index (Phi) is 4.57. The predicted molar refractivity (Wildman–Crippen MR) is 76.5 cm³/mol. The maximum atomic E-state index is 4.53. The minimum Gasteiger partial charge on any atom is -0.334 e. The summed E-state index contributed by atoms with van der Waals surface area (Å²) in [6.07, 6.45) is 9.09. The molecule has 2 rings (SSSR count). The average Bonchev–Trinajstić information content (AvgIpc) is 2.89. The molecule has 0 amide bonds. The van der Waals surface area contributed by atoms with Gasteiger partial charge in [-0.1, -0.05) is 57.0 Å². The normalized spacial score (nSPS) is 11.1. The molecule has 0 atom stereocenters. The molecule has 0 saturated carbocycles. The van der Waals surface area contributed by atoms with Gasteiger partial charge in [-0.15, -0.1) is 0 Å². The van der Waals surface area contributed by atoms with Gasteiger partial charge in [0.25, 0.3) is 0 Å². The molecule has 0 unspecified atom stereocenters. The van der Waals surface area contributed by atoms with E-state index in [9.17, 15) is 0 Å². The quantitative estimate of drug-likeness (QED) is 0.718. The molecule has 0 spiro atoms. The summed E-state index contributed by atoms with van der Waals surface area (Å²) in [6.45, 7) is 4.50. The Balaban J connectivity index is 2.18. The Labute approximate surface area is 110 Å². The molecule has 0 radical (unpaired) electrons. The SMILES string of the molecule is CCCC(CCC)n1cnc(-c2ccccc2)c1. The standard InChI is InChI=1S/C16H22N2/c1-3-8-15(9-4-2)18-12-16(17-13-18)14-10-6-5-7-11-14/h5-7,10-13,15H,3-4,8-9H2,1-2H3. The Bertz CT molecular complexity index is 453. The maximum Gasteiger partial charge on any atom is 0.0956 e. The predicted octanol–water partition coefficient (Wildman–Crippen LogP) is 4.69. The number of rotatable bonds is 6. The van der Waals surface area contributed by atoms with Gasteiger partial charge in [-0.05, 0) is 12.8 Å². The molecule has 18 heavy (non-hydrogen) atoms. The van der Waals surface area contributed by atoms with Crippen molar-refractivity contribution in [1.29, 1.82) is 0 Å². The zero-order valence-corrected chi connectivity index (χ0v) is 11.3. The van der Waals surface area contributed by atoms with Gasteiger partial charge in [0.15, 0.2) is 0 Å². The highest BCUT2D eigenvalue weighted by molar-refractivity contribution is 5.57. The molecule has 0 aliphatic rings. The molecular weight excluding hydrogens is 220 g/mol. The van der Waals surface area contributed by atoms with Crippen molar-refractivity contribution in [2.45, 2.75) is 45.6 Å². The van der Waals surface area contributed by atoms with Gasteiger partial charge in [-0.2, -0.15) is 0 Å². The third kappa shape index (κ3) is 3.00. The van der Waals surface area contributed by atoms with Crippen molar-refractivity contribution in [3.63, 3.8) is 0 Å². The van der Waals surface area contributed by atoms with E-state index in [2.05, 4.69) is 53.9 Å². The summed E-state index contributed by atoms with van der Waals surface area (Å²) >= 11 is 0. The number of hydrogen-bond acceptors (Lipinski definition) is 1. The summed E-state index contributed by atoms with van der Waals surface area (Å²) < 4.78 is 2.29. The topological polar surface area (TPSA) is 17.8 Å². The van der Waals surface area contributed by atoms with Crippen molar-refractivity contribution in [3.8, 4) is 11.3 Å². The molecular formula is C16H22N2. The van der Waals surface area contributed by atoms with Gasteiger partial charge in [-0.3, -0.25) is 0 Å². The Morgan fingerprint density at radius 1 is 1.06 bits per heavy atom. The number of hydrogen-bond donors (Lipinski definition) is 0. The van der Waals surface area contributed by atoms with Crippen molar-refractivity contribution < 1.29 is 0 Å². The molecule has 0 fully saturated rings. The summed E-state index contributed by atoms with van der Waals surface area (Å²) in [5, 5.41) is 0. The lowest BCUT2D eigenvalue weighted by atomic mass is 10.1. The maximum absolute atomic E-state index is 4.53. The molecule has 0 saturated heterocycles. The van der Waals surface area contributed by atoms with Gasteiger partial charge in [0.1, 0.15) is 0 Å².